The van der Waals surface area contributed by atoms with Gasteiger partial charge in [0, 0.05) is 0 Å². The van der Waals surface area contributed by atoms with Gasteiger partial charge in [0.25, 0.3) is 0 Å². The van der Waals surface area contributed by atoms with E-state index in [1.54, 1.807) is 0 Å². The highest BCUT2D eigenvalue weighted by Crippen LogP contribution is 2.23. The summed E-state index contributed by atoms with van der Waals surface area (Å²) >= 11 is 0. The van der Waals surface area contributed by atoms with Crippen molar-refractivity contribution in [2.24, 2.45) is 5.92 Å². The number of aliphatic hydroxyl groups excluding tert-OH is 1. The first-order valence-corrected chi connectivity index (χ1v) is 7.58. The highest BCUT2D eigenvalue weighted by molar-refractivity contribution is 5.25. The summed E-state index contributed by atoms with van der Waals surface area (Å²) in [7, 11) is 0. The van der Waals surface area contributed by atoms with Crippen molar-refractivity contribution in [3.8, 4) is 0 Å². The molecule has 2 N–H and O–H groups in total. The maximum atomic E-state index is 9.97. The molecule has 1 aromatic rings. The maximum Gasteiger partial charge on any atom is 0.0906 e. The van der Waals surface area contributed by atoms with Gasteiger partial charge >= 0.3 is 0 Å². The fourth-order valence-electron chi connectivity index (χ4n) is 2.02. The third kappa shape index (κ3) is 4.58. The Kier molecular flexibility index (Phi) is 7.20. The van der Waals surface area contributed by atoms with Crippen LogP contribution in [0.25, 0.3) is 0 Å². The smallest absolute Gasteiger partial charge is 0.0906 e. The predicted octanol–water partition coefficient (Wildman–Crippen LogP) is 2.93. The second-order valence-electron chi connectivity index (χ2n) is 5.79. The molecule has 0 bridgehead atoms. The highest BCUT2D eigenvalue weighted by atomic mass is 16.5. The van der Waals surface area contributed by atoms with Crippen LogP contribution in [0.5, 0.6) is 0 Å². The molecular formula is C17H29NO2. The normalized spacial score (nSPS) is 16.1. The number of benzene rings is 1. The standard InChI is InChI=1S/C17H29NO2/c1-5-11-18-17(12-19,13-20-15(4)14(2)3)16-9-7-6-8-10-16/h6-10,14-15,18-19H,5,11-13H2,1-4H3. The zero-order valence-electron chi connectivity index (χ0n) is 13.2. The SMILES string of the molecule is CCCNC(CO)(COC(C)C(C)C)c1ccccc1. The second-order valence-corrected chi connectivity index (χ2v) is 5.79. The minimum atomic E-state index is -0.513. The topological polar surface area (TPSA) is 41.5 Å². The molecule has 0 aliphatic heterocycles. The molecule has 2 atom stereocenters. The molecular weight excluding hydrogens is 250 g/mol. The molecule has 3 heteroatoms. The summed E-state index contributed by atoms with van der Waals surface area (Å²) in [4.78, 5) is 0. The van der Waals surface area contributed by atoms with E-state index in [1.807, 2.05) is 30.3 Å². The fraction of sp³-hybridized carbons (Fsp3) is 0.647. The van der Waals surface area contributed by atoms with Crippen LogP contribution < -0.4 is 5.32 Å². The van der Waals surface area contributed by atoms with Crippen LogP contribution >= 0.6 is 0 Å². The second kappa shape index (κ2) is 8.40. The van der Waals surface area contributed by atoms with E-state index < -0.39 is 5.54 Å². The van der Waals surface area contributed by atoms with Gasteiger partial charge in [-0.1, -0.05) is 51.1 Å². The van der Waals surface area contributed by atoms with Crippen LogP contribution in [0, 0.1) is 5.92 Å². The van der Waals surface area contributed by atoms with Crippen LogP contribution in [-0.4, -0.2) is 31.0 Å². The maximum absolute atomic E-state index is 9.97. The fourth-order valence-corrected chi connectivity index (χ4v) is 2.02. The summed E-state index contributed by atoms with van der Waals surface area (Å²) in [5.74, 6) is 0.466. The van der Waals surface area contributed by atoms with Gasteiger partial charge in [-0.25, -0.2) is 0 Å². The van der Waals surface area contributed by atoms with Gasteiger partial charge in [-0.2, -0.15) is 0 Å². The Morgan fingerprint density at radius 3 is 2.35 bits per heavy atom. The number of hydrogen-bond acceptors (Lipinski definition) is 3. The van der Waals surface area contributed by atoms with Gasteiger partial charge in [0.1, 0.15) is 0 Å². The third-order valence-corrected chi connectivity index (χ3v) is 3.84. The van der Waals surface area contributed by atoms with Gasteiger partial charge in [0.15, 0.2) is 0 Å². The Hall–Kier alpha value is -0.900. The van der Waals surface area contributed by atoms with E-state index in [1.165, 1.54) is 0 Å². The molecule has 0 spiro atoms. The Bertz CT molecular complexity index is 367. The van der Waals surface area contributed by atoms with E-state index in [0.717, 1.165) is 18.5 Å². The molecule has 0 aliphatic rings. The molecule has 1 aromatic carbocycles. The molecule has 114 valence electrons. The third-order valence-electron chi connectivity index (χ3n) is 3.84. The number of aliphatic hydroxyl groups is 1. The monoisotopic (exact) mass is 279 g/mol. The Morgan fingerprint density at radius 2 is 1.85 bits per heavy atom. The van der Waals surface area contributed by atoms with E-state index in [4.69, 9.17) is 4.74 Å². The van der Waals surface area contributed by atoms with Gasteiger partial charge in [0.05, 0.1) is 24.9 Å². The van der Waals surface area contributed by atoms with Crippen molar-refractivity contribution in [3.63, 3.8) is 0 Å². The number of hydrogen-bond donors (Lipinski definition) is 2. The van der Waals surface area contributed by atoms with E-state index in [0.29, 0.717) is 12.5 Å². The van der Waals surface area contributed by atoms with E-state index in [2.05, 4.69) is 33.0 Å². The first-order valence-electron chi connectivity index (χ1n) is 7.58. The zero-order chi connectivity index (χ0) is 15.0. The largest absolute Gasteiger partial charge is 0.394 e. The molecule has 0 saturated carbocycles. The van der Waals surface area contributed by atoms with Crippen molar-refractivity contribution < 1.29 is 9.84 Å². The van der Waals surface area contributed by atoms with Gasteiger partial charge in [-0.15, -0.1) is 0 Å². The van der Waals surface area contributed by atoms with Crippen LogP contribution in [0.2, 0.25) is 0 Å². The molecule has 0 aromatic heterocycles. The summed E-state index contributed by atoms with van der Waals surface area (Å²) in [6.45, 7) is 9.86. The molecule has 1 rings (SSSR count). The van der Waals surface area contributed by atoms with Gasteiger partial charge < -0.3 is 15.2 Å². The van der Waals surface area contributed by atoms with Crippen LogP contribution in [-0.2, 0) is 10.3 Å². The zero-order valence-corrected chi connectivity index (χ0v) is 13.2. The van der Waals surface area contributed by atoms with Crippen molar-refractivity contribution in [1.29, 1.82) is 0 Å². The summed E-state index contributed by atoms with van der Waals surface area (Å²) in [5, 5.41) is 13.4. The molecule has 0 radical (unpaired) electrons. The molecule has 0 amide bonds. The summed E-state index contributed by atoms with van der Waals surface area (Å²) < 4.78 is 5.99. The molecule has 20 heavy (non-hydrogen) atoms. The quantitative estimate of drug-likeness (QED) is 0.730. The average Bonchev–Trinajstić information content (AvgIpc) is 2.48. The number of rotatable bonds is 9. The van der Waals surface area contributed by atoms with Gasteiger partial charge in [0.2, 0.25) is 0 Å². The van der Waals surface area contributed by atoms with Crippen molar-refractivity contribution in [2.75, 3.05) is 19.8 Å². The Balaban J connectivity index is 2.88. The predicted molar refractivity (Wildman–Crippen MR) is 83.8 cm³/mol. The van der Waals surface area contributed by atoms with E-state index >= 15 is 0 Å². The van der Waals surface area contributed by atoms with Crippen molar-refractivity contribution in [1.82, 2.24) is 5.32 Å². The minimum Gasteiger partial charge on any atom is -0.394 e. The van der Waals surface area contributed by atoms with Gasteiger partial charge in [-0.3, -0.25) is 0 Å². The minimum absolute atomic E-state index is 0.0296. The van der Waals surface area contributed by atoms with Gasteiger partial charge in [-0.05, 0) is 31.4 Å². The van der Waals surface area contributed by atoms with Crippen LogP contribution in [0.15, 0.2) is 30.3 Å². The number of ether oxygens (including phenoxy) is 1. The van der Waals surface area contributed by atoms with E-state index in [9.17, 15) is 5.11 Å². The lowest BCUT2D eigenvalue weighted by Crippen LogP contribution is -2.50. The van der Waals surface area contributed by atoms with Crippen molar-refractivity contribution in [3.05, 3.63) is 35.9 Å². The van der Waals surface area contributed by atoms with Crippen LogP contribution in [0.4, 0.5) is 0 Å². The van der Waals surface area contributed by atoms with Crippen LogP contribution in [0.3, 0.4) is 0 Å². The van der Waals surface area contributed by atoms with E-state index in [-0.39, 0.29) is 12.7 Å². The lowest BCUT2D eigenvalue weighted by molar-refractivity contribution is -0.0223. The first-order chi connectivity index (χ1) is 9.55. The molecule has 2 unspecified atom stereocenters. The summed E-state index contributed by atoms with van der Waals surface area (Å²) in [6.07, 6.45) is 1.20. The first kappa shape index (κ1) is 17.2. The highest BCUT2D eigenvalue weighted by Gasteiger charge is 2.32. The molecule has 0 heterocycles. The van der Waals surface area contributed by atoms with Crippen molar-refractivity contribution in [2.45, 2.75) is 45.8 Å². The summed E-state index contributed by atoms with van der Waals surface area (Å²) in [5.41, 5.74) is 0.562. The average molecular weight is 279 g/mol. The lowest BCUT2D eigenvalue weighted by Gasteiger charge is -2.35. The van der Waals surface area contributed by atoms with Crippen molar-refractivity contribution >= 4 is 0 Å². The molecule has 0 aliphatic carbocycles. The summed E-state index contributed by atoms with van der Waals surface area (Å²) in [6, 6.07) is 10.1. The molecule has 3 nitrogen and oxygen atoms in total. The Labute approximate surface area is 123 Å². The number of nitrogens with one attached hydrogen (secondary N) is 1. The molecule has 0 saturated heterocycles. The lowest BCUT2D eigenvalue weighted by atomic mass is 9.91. The Morgan fingerprint density at radius 1 is 1.20 bits per heavy atom. The van der Waals surface area contributed by atoms with Crippen LogP contribution in [0.1, 0.15) is 39.7 Å². The molecule has 0 fully saturated rings.